The van der Waals surface area contributed by atoms with E-state index in [9.17, 15) is 45.8 Å². The molecule has 37 heavy (non-hydrogen) atoms. The number of hydrogen-bond acceptors (Lipinski definition) is 5. The van der Waals surface area contributed by atoms with Crippen LogP contribution in [0.25, 0.3) is 0 Å². The molecule has 2 unspecified atom stereocenters. The van der Waals surface area contributed by atoms with Crippen molar-refractivity contribution in [2.24, 2.45) is 0 Å². The van der Waals surface area contributed by atoms with E-state index in [1.54, 1.807) is 6.92 Å². The van der Waals surface area contributed by atoms with Crippen LogP contribution in [0.3, 0.4) is 0 Å². The molecule has 1 saturated heterocycles. The lowest BCUT2D eigenvalue weighted by Crippen LogP contribution is -2.55. The second-order valence-corrected chi connectivity index (χ2v) is 8.09. The van der Waals surface area contributed by atoms with E-state index in [-0.39, 0.29) is 24.3 Å². The van der Waals surface area contributed by atoms with Crippen LogP contribution in [0.5, 0.6) is 0 Å². The number of aliphatic hydroxyl groups is 1. The van der Waals surface area contributed by atoms with Gasteiger partial charge in [-0.15, -0.1) is 0 Å². The van der Waals surface area contributed by atoms with E-state index < -0.39 is 59.7 Å². The minimum absolute atomic E-state index is 0.0778. The smallest absolute Gasteiger partial charge is 0.380 e. The van der Waals surface area contributed by atoms with E-state index in [2.05, 4.69) is 10.6 Å². The maximum atomic E-state index is 13.2. The number of hydrogen-bond donors (Lipinski definition) is 3. The van der Waals surface area contributed by atoms with Gasteiger partial charge in [0, 0.05) is 30.5 Å². The van der Waals surface area contributed by atoms with E-state index >= 15 is 0 Å². The summed E-state index contributed by atoms with van der Waals surface area (Å²) in [6.07, 6.45) is -14.3. The minimum atomic E-state index is -5.13. The van der Waals surface area contributed by atoms with Gasteiger partial charge in [-0.3, -0.25) is 14.4 Å². The Bertz CT molecular complexity index is 1180. The second-order valence-electron chi connectivity index (χ2n) is 8.09. The fourth-order valence-electron chi connectivity index (χ4n) is 3.67. The number of halogens is 6. The van der Waals surface area contributed by atoms with E-state index in [4.69, 9.17) is 4.74 Å². The number of alkyl halides is 6. The van der Waals surface area contributed by atoms with Crippen LogP contribution in [0.4, 0.5) is 37.7 Å². The average Bonchev–Trinajstić information content (AvgIpc) is 2.82. The summed E-state index contributed by atoms with van der Waals surface area (Å²) in [6.45, 7) is 0.799. The SMILES string of the molecule is CNC(=O)c1ccc(NC(=O)C(O)C2OCCN(c3cc(C(F)(F)F)cc(C(F)(F)F)c3)C2=O)cc1C. The lowest BCUT2D eigenvalue weighted by molar-refractivity contribution is -0.150. The molecule has 200 valence electrons. The van der Waals surface area contributed by atoms with Crippen molar-refractivity contribution in [2.75, 3.05) is 30.4 Å². The summed E-state index contributed by atoms with van der Waals surface area (Å²) in [7, 11) is 1.43. The molecular formula is C23H21F6N3O5. The van der Waals surface area contributed by atoms with Crippen LogP contribution in [-0.2, 0) is 26.7 Å². The van der Waals surface area contributed by atoms with Crippen LogP contribution in [-0.4, -0.2) is 55.2 Å². The molecule has 0 bridgehead atoms. The van der Waals surface area contributed by atoms with Gasteiger partial charge in [0.25, 0.3) is 17.7 Å². The van der Waals surface area contributed by atoms with Crippen molar-refractivity contribution < 1.29 is 50.6 Å². The molecule has 1 aliphatic heterocycles. The molecule has 8 nitrogen and oxygen atoms in total. The number of aryl methyl sites for hydroxylation is 1. The number of anilines is 2. The summed E-state index contributed by atoms with van der Waals surface area (Å²) in [5.41, 5.74) is -3.01. The zero-order valence-corrected chi connectivity index (χ0v) is 19.3. The number of carbonyl (C=O) groups excluding carboxylic acids is 3. The maximum absolute atomic E-state index is 13.2. The summed E-state index contributed by atoms with van der Waals surface area (Å²) in [6, 6.07) is 4.86. The number of rotatable bonds is 5. The zero-order valence-electron chi connectivity index (χ0n) is 19.3. The molecule has 0 saturated carbocycles. The number of carbonyl (C=O) groups is 3. The molecule has 3 amide bonds. The first kappa shape index (κ1) is 27.9. The van der Waals surface area contributed by atoms with Gasteiger partial charge in [0.2, 0.25) is 0 Å². The number of nitrogens with one attached hydrogen (secondary N) is 2. The Labute approximate surface area is 206 Å². The van der Waals surface area contributed by atoms with Crippen LogP contribution < -0.4 is 15.5 Å². The number of ether oxygens (including phenoxy) is 1. The van der Waals surface area contributed by atoms with Gasteiger partial charge >= 0.3 is 12.4 Å². The van der Waals surface area contributed by atoms with Gasteiger partial charge in [-0.1, -0.05) is 0 Å². The predicted molar refractivity (Wildman–Crippen MR) is 118 cm³/mol. The van der Waals surface area contributed by atoms with E-state index in [1.807, 2.05) is 0 Å². The highest BCUT2D eigenvalue weighted by Crippen LogP contribution is 2.39. The topological polar surface area (TPSA) is 108 Å². The normalized spacial score (nSPS) is 17.4. The van der Waals surface area contributed by atoms with Crippen molar-refractivity contribution in [1.82, 2.24) is 5.32 Å². The predicted octanol–water partition coefficient (Wildman–Crippen LogP) is 3.12. The van der Waals surface area contributed by atoms with Crippen molar-refractivity contribution >= 4 is 29.1 Å². The van der Waals surface area contributed by atoms with Crippen LogP contribution in [0.1, 0.15) is 27.0 Å². The largest absolute Gasteiger partial charge is 0.416 e. The zero-order chi connectivity index (χ0) is 27.7. The molecule has 2 aromatic rings. The lowest BCUT2D eigenvalue weighted by Gasteiger charge is -2.34. The van der Waals surface area contributed by atoms with Gasteiger partial charge in [0.1, 0.15) is 0 Å². The third-order valence-electron chi connectivity index (χ3n) is 5.53. The first-order chi connectivity index (χ1) is 17.1. The number of morpholine rings is 1. The summed E-state index contributed by atoms with van der Waals surface area (Å²) in [4.78, 5) is 37.9. The first-order valence-corrected chi connectivity index (χ1v) is 10.7. The van der Waals surface area contributed by atoms with Crippen molar-refractivity contribution in [1.29, 1.82) is 0 Å². The highest BCUT2D eigenvalue weighted by atomic mass is 19.4. The highest BCUT2D eigenvalue weighted by Gasteiger charge is 2.42. The number of benzene rings is 2. The van der Waals surface area contributed by atoms with Crippen molar-refractivity contribution in [2.45, 2.75) is 31.5 Å². The Morgan fingerprint density at radius 2 is 1.65 bits per heavy atom. The molecule has 1 fully saturated rings. The number of aliphatic hydroxyl groups excluding tert-OH is 1. The summed E-state index contributed by atoms with van der Waals surface area (Å²) in [5.74, 6) is -2.69. The van der Waals surface area contributed by atoms with E-state index in [0.29, 0.717) is 28.2 Å². The Kier molecular flexibility index (Phi) is 7.83. The summed E-state index contributed by atoms with van der Waals surface area (Å²) in [5, 5.41) is 15.2. The van der Waals surface area contributed by atoms with Crippen molar-refractivity contribution in [3.8, 4) is 0 Å². The Morgan fingerprint density at radius 3 is 2.16 bits per heavy atom. The number of amides is 3. The summed E-state index contributed by atoms with van der Waals surface area (Å²) < 4.78 is 84.5. The van der Waals surface area contributed by atoms with Gasteiger partial charge in [-0.2, -0.15) is 26.3 Å². The molecular weight excluding hydrogens is 512 g/mol. The van der Waals surface area contributed by atoms with Crippen LogP contribution in [0.15, 0.2) is 36.4 Å². The lowest BCUT2D eigenvalue weighted by atomic mass is 10.0. The standard InChI is InChI=1S/C23H21F6N3O5/c1-11-7-14(3-4-16(11)19(34)30-2)31-20(35)17(33)18-21(36)32(5-6-37-18)15-9-12(22(24,25)26)8-13(10-15)23(27,28)29/h3-4,7-10,17-18,33H,5-6H2,1-2H3,(H,30,34)(H,31,35). The molecule has 3 N–H and O–H groups in total. The monoisotopic (exact) mass is 533 g/mol. The average molecular weight is 533 g/mol. The third-order valence-corrected chi connectivity index (χ3v) is 5.53. The molecule has 2 aromatic carbocycles. The van der Waals surface area contributed by atoms with Crippen LogP contribution in [0, 0.1) is 6.92 Å². The van der Waals surface area contributed by atoms with Crippen LogP contribution in [0.2, 0.25) is 0 Å². The molecule has 0 radical (unpaired) electrons. The van der Waals surface area contributed by atoms with Gasteiger partial charge in [-0.25, -0.2) is 0 Å². The fourth-order valence-corrected chi connectivity index (χ4v) is 3.67. The molecule has 1 aliphatic rings. The van der Waals surface area contributed by atoms with Gasteiger partial charge in [0.15, 0.2) is 12.2 Å². The van der Waals surface area contributed by atoms with E-state index in [1.165, 1.54) is 25.2 Å². The Hall–Kier alpha value is -3.65. The molecule has 14 heteroatoms. The van der Waals surface area contributed by atoms with Crippen molar-refractivity contribution in [3.05, 3.63) is 58.7 Å². The minimum Gasteiger partial charge on any atom is -0.380 e. The van der Waals surface area contributed by atoms with Gasteiger partial charge in [0.05, 0.1) is 17.7 Å². The molecule has 0 aliphatic carbocycles. The van der Waals surface area contributed by atoms with Gasteiger partial charge in [-0.05, 0) is 48.9 Å². The van der Waals surface area contributed by atoms with E-state index in [0.717, 1.165) is 0 Å². The molecule has 0 aromatic heterocycles. The highest BCUT2D eigenvalue weighted by molar-refractivity contribution is 6.04. The molecule has 1 heterocycles. The fraction of sp³-hybridized carbons (Fsp3) is 0.348. The number of nitrogens with zero attached hydrogens (tertiary/aromatic N) is 1. The van der Waals surface area contributed by atoms with Crippen LogP contribution >= 0.6 is 0 Å². The quantitative estimate of drug-likeness (QED) is 0.512. The Morgan fingerprint density at radius 1 is 1.05 bits per heavy atom. The Balaban J connectivity index is 1.83. The molecule has 0 spiro atoms. The van der Waals surface area contributed by atoms with Crippen molar-refractivity contribution in [3.63, 3.8) is 0 Å². The maximum Gasteiger partial charge on any atom is 0.416 e. The first-order valence-electron chi connectivity index (χ1n) is 10.7. The van der Waals surface area contributed by atoms with Gasteiger partial charge < -0.3 is 25.4 Å². The second kappa shape index (κ2) is 10.4. The third kappa shape index (κ3) is 6.20. The molecule has 3 rings (SSSR count). The molecule has 2 atom stereocenters. The summed E-state index contributed by atoms with van der Waals surface area (Å²) >= 11 is 0.